The highest BCUT2D eigenvalue weighted by Crippen LogP contribution is 2.21. The Kier molecular flexibility index (Phi) is 6.05. The molecular weight excluding hydrogens is 384 g/mol. The van der Waals surface area contributed by atoms with E-state index in [1.54, 1.807) is 29.6 Å². The fourth-order valence-electron chi connectivity index (χ4n) is 2.31. The molecule has 1 aromatic heterocycles. The van der Waals surface area contributed by atoms with Gasteiger partial charge in [-0.1, -0.05) is 35.9 Å². The van der Waals surface area contributed by atoms with Crippen LogP contribution in [-0.2, 0) is 11.2 Å². The van der Waals surface area contributed by atoms with Crippen molar-refractivity contribution in [1.82, 2.24) is 4.98 Å². The molecule has 0 bridgehead atoms. The van der Waals surface area contributed by atoms with Crippen LogP contribution in [0.5, 0.6) is 0 Å². The molecule has 0 aliphatic heterocycles. The van der Waals surface area contributed by atoms with Gasteiger partial charge in [0.1, 0.15) is 0 Å². The first kappa shape index (κ1) is 18.9. The molecule has 8 heteroatoms. The predicted molar refractivity (Wildman–Crippen MR) is 110 cm³/mol. The van der Waals surface area contributed by atoms with Gasteiger partial charge in [-0.3, -0.25) is 10.1 Å². The third-order valence-corrected chi connectivity index (χ3v) is 4.66. The molecule has 0 saturated carbocycles. The van der Waals surface area contributed by atoms with E-state index in [9.17, 15) is 9.59 Å². The molecule has 3 rings (SSSR count). The molecule has 3 aromatic rings. The van der Waals surface area contributed by atoms with Crippen LogP contribution in [0.4, 0.5) is 21.3 Å². The molecule has 138 valence electrons. The number of hydrogen-bond donors (Lipinski definition) is 3. The van der Waals surface area contributed by atoms with Crippen LogP contribution in [0.15, 0.2) is 53.9 Å². The summed E-state index contributed by atoms with van der Waals surface area (Å²) < 4.78 is 0. The molecule has 0 fully saturated rings. The summed E-state index contributed by atoms with van der Waals surface area (Å²) in [4.78, 5) is 28.5. The number of anilines is 3. The summed E-state index contributed by atoms with van der Waals surface area (Å²) in [6.07, 6.45) is 0.102. The zero-order chi connectivity index (χ0) is 19.2. The van der Waals surface area contributed by atoms with Crippen LogP contribution in [0.25, 0.3) is 0 Å². The van der Waals surface area contributed by atoms with Gasteiger partial charge in [0.05, 0.1) is 12.1 Å². The van der Waals surface area contributed by atoms with Gasteiger partial charge in [-0.15, -0.1) is 11.3 Å². The highest BCUT2D eigenvalue weighted by molar-refractivity contribution is 7.14. The number of nitrogens with one attached hydrogen (secondary N) is 3. The van der Waals surface area contributed by atoms with Crippen LogP contribution in [0, 0.1) is 6.92 Å². The number of para-hydroxylation sites is 1. The Labute approximate surface area is 165 Å². The van der Waals surface area contributed by atoms with Crippen molar-refractivity contribution < 1.29 is 9.59 Å². The molecule has 0 atom stereocenters. The number of carbonyl (C=O) groups excluding carboxylic acids is 2. The topological polar surface area (TPSA) is 83.1 Å². The van der Waals surface area contributed by atoms with Crippen LogP contribution in [0.1, 0.15) is 11.3 Å². The van der Waals surface area contributed by atoms with Crippen LogP contribution in [0.2, 0.25) is 5.02 Å². The summed E-state index contributed by atoms with van der Waals surface area (Å²) in [6.45, 7) is 1.89. The minimum Gasteiger partial charge on any atom is -0.325 e. The number of benzene rings is 2. The van der Waals surface area contributed by atoms with Gasteiger partial charge >= 0.3 is 6.03 Å². The standard InChI is InChI=1S/C19H17ClN4O2S/c1-12-7-8-13(20)9-16(12)23-17(25)10-15-11-27-19(22-15)24-18(26)21-14-5-3-2-4-6-14/h2-9,11H,10H2,1H3,(H,23,25)(H2,21,22,24,26). The lowest BCUT2D eigenvalue weighted by Gasteiger charge is -2.08. The van der Waals surface area contributed by atoms with Crippen LogP contribution >= 0.6 is 22.9 Å². The second-order valence-corrected chi connectivity index (χ2v) is 7.07. The molecule has 2 aromatic carbocycles. The van der Waals surface area contributed by atoms with E-state index in [0.717, 1.165) is 5.56 Å². The average molecular weight is 401 g/mol. The number of thiazole rings is 1. The van der Waals surface area contributed by atoms with Gasteiger partial charge in [-0.25, -0.2) is 9.78 Å². The number of halogens is 1. The molecule has 1 heterocycles. The lowest BCUT2D eigenvalue weighted by molar-refractivity contribution is -0.115. The van der Waals surface area contributed by atoms with Crippen molar-refractivity contribution in [2.24, 2.45) is 0 Å². The van der Waals surface area contributed by atoms with E-state index in [4.69, 9.17) is 11.6 Å². The fraction of sp³-hybridized carbons (Fsp3) is 0.105. The molecule has 3 amide bonds. The van der Waals surface area contributed by atoms with E-state index >= 15 is 0 Å². The molecule has 3 N–H and O–H groups in total. The minimum absolute atomic E-state index is 0.102. The largest absolute Gasteiger partial charge is 0.325 e. The lowest BCUT2D eigenvalue weighted by atomic mass is 10.2. The Morgan fingerprint density at radius 3 is 2.63 bits per heavy atom. The van der Waals surface area contributed by atoms with Gasteiger partial charge in [-0.05, 0) is 36.8 Å². The Balaban J connectivity index is 1.55. The number of nitrogens with zero attached hydrogens (tertiary/aromatic N) is 1. The summed E-state index contributed by atoms with van der Waals surface area (Å²) in [5, 5.41) is 10.9. The second kappa shape index (κ2) is 8.66. The van der Waals surface area contributed by atoms with Gasteiger partial charge in [0.15, 0.2) is 5.13 Å². The summed E-state index contributed by atoms with van der Waals surface area (Å²) in [7, 11) is 0. The Morgan fingerprint density at radius 1 is 1.07 bits per heavy atom. The minimum atomic E-state index is -0.388. The summed E-state index contributed by atoms with van der Waals surface area (Å²) >= 11 is 7.22. The van der Waals surface area contributed by atoms with Crippen molar-refractivity contribution in [3.05, 3.63) is 70.2 Å². The Hall–Kier alpha value is -2.90. The van der Waals surface area contributed by atoms with E-state index in [1.807, 2.05) is 31.2 Å². The zero-order valence-electron chi connectivity index (χ0n) is 14.5. The van der Waals surface area contributed by atoms with Crippen molar-refractivity contribution in [3.8, 4) is 0 Å². The van der Waals surface area contributed by atoms with Crippen molar-refractivity contribution in [2.75, 3.05) is 16.0 Å². The third-order valence-electron chi connectivity index (χ3n) is 3.62. The van der Waals surface area contributed by atoms with Crippen LogP contribution in [0.3, 0.4) is 0 Å². The van der Waals surface area contributed by atoms with E-state index in [0.29, 0.717) is 27.2 Å². The first-order valence-electron chi connectivity index (χ1n) is 8.13. The Bertz CT molecular complexity index is 959. The SMILES string of the molecule is Cc1ccc(Cl)cc1NC(=O)Cc1csc(NC(=O)Nc2ccccc2)n1. The first-order chi connectivity index (χ1) is 13.0. The average Bonchev–Trinajstić information content (AvgIpc) is 3.05. The predicted octanol–water partition coefficient (Wildman–Crippen LogP) is 4.93. The van der Waals surface area contributed by atoms with Crippen molar-refractivity contribution >= 4 is 51.4 Å². The molecule has 0 saturated heterocycles. The molecule has 0 radical (unpaired) electrons. The number of urea groups is 1. The number of aryl methyl sites for hydroxylation is 1. The molecule has 27 heavy (non-hydrogen) atoms. The number of rotatable bonds is 5. The van der Waals surface area contributed by atoms with Gasteiger partial charge in [-0.2, -0.15) is 0 Å². The van der Waals surface area contributed by atoms with Gasteiger partial charge in [0.2, 0.25) is 5.91 Å². The molecule has 6 nitrogen and oxygen atoms in total. The summed E-state index contributed by atoms with van der Waals surface area (Å²) in [6, 6.07) is 14.0. The number of aromatic nitrogens is 1. The molecule has 0 aliphatic carbocycles. The normalized spacial score (nSPS) is 10.3. The molecule has 0 spiro atoms. The van der Waals surface area contributed by atoms with Crippen molar-refractivity contribution in [2.45, 2.75) is 13.3 Å². The van der Waals surface area contributed by atoms with E-state index < -0.39 is 0 Å². The monoisotopic (exact) mass is 400 g/mol. The maximum atomic E-state index is 12.2. The van der Waals surface area contributed by atoms with E-state index in [-0.39, 0.29) is 18.4 Å². The summed E-state index contributed by atoms with van der Waals surface area (Å²) in [5.74, 6) is -0.203. The maximum absolute atomic E-state index is 12.2. The number of hydrogen-bond acceptors (Lipinski definition) is 4. The Morgan fingerprint density at radius 2 is 1.85 bits per heavy atom. The van der Waals surface area contributed by atoms with E-state index in [1.165, 1.54) is 11.3 Å². The molecule has 0 aliphatic rings. The van der Waals surface area contributed by atoms with Gasteiger partial charge in [0.25, 0.3) is 0 Å². The fourth-order valence-corrected chi connectivity index (χ4v) is 3.19. The summed E-state index contributed by atoms with van der Waals surface area (Å²) in [5.41, 5.74) is 2.85. The first-order valence-corrected chi connectivity index (χ1v) is 9.39. The lowest BCUT2D eigenvalue weighted by Crippen LogP contribution is -2.19. The van der Waals surface area contributed by atoms with Crippen LogP contribution in [-0.4, -0.2) is 16.9 Å². The number of amides is 3. The quantitative estimate of drug-likeness (QED) is 0.567. The van der Waals surface area contributed by atoms with Gasteiger partial charge in [0, 0.05) is 21.8 Å². The van der Waals surface area contributed by atoms with Crippen molar-refractivity contribution in [1.29, 1.82) is 0 Å². The highest BCUT2D eigenvalue weighted by atomic mass is 35.5. The maximum Gasteiger partial charge on any atom is 0.325 e. The molecular formula is C19H17ClN4O2S. The van der Waals surface area contributed by atoms with Crippen molar-refractivity contribution in [3.63, 3.8) is 0 Å². The second-order valence-electron chi connectivity index (χ2n) is 5.77. The highest BCUT2D eigenvalue weighted by Gasteiger charge is 2.11. The van der Waals surface area contributed by atoms with Crippen LogP contribution < -0.4 is 16.0 Å². The molecule has 0 unspecified atom stereocenters. The van der Waals surface area contributed by atoms with E-state index in [2.05, 4.69) is 20.9 Å². The van der Waals surface area contributed by atoms with Gasteiger partial charge < -0.3 is 10.6 Å². The zero-order valence-corrected chi connectivity index (χ0v) is 16.0. The smallest absolute Gasteiger partial charge is 0.325 e. The third kappa shape index (κ3) is 5.54. The number of carbonyl (C=O) groups is 2.